The lowest BCUT2D eigenvalue weighted by atomic mass is 10.2. The zero-order chi connectivity index (χ0) is 24.3. The van der Waals surface area contributed by atoms with Crippen LogP contribution < -0.4 is 10.1 Å². The fourth-order valence-electron chi connectivity index (χ4n) is 1.84. The maximum atomic E-state index is 10.8. The van der Waals surface area contributed by atoms with Gasteiger partial charge < -0.3 is 19.9 Å². The lowest BCUT2D eigenvalue weighted by molar-refractivity contribution is -0.136. The van der Waals surface area contributed by atoms with Crippen molar-refractivity contribution in [3.05, 3.63) is 65.7 Å². The highest BCUT2D eigenvalue weighted by Crippen LogP contribution is 2.13. The van der Waals surface area contributed by atoms with Gasteiger partial charge in [0.25, 0.3) is 0 Å². The number of aliphatic carboxylic acids is 1. The van der Waals surface area contributed by atoms with E-state index in [1.807, 2.05) is 44.2 Å². The molecule has 6 nitrogen and oxygen atoms in total. The highest BCUT2D eigenvalue weighted by molar-refractivity contribution is 5.76. The normalized spacial score (nSPS) is 9.16. The van der Waals surface area contributed by atoms with Gasteiger partial charge in [0.05, 0.1) is 0 Å². The van der Waals surface area contributed by atoms with Crippen LogP contribution in [0.15, 0.2) is 54.6 Å². The number of aryl methyl sites for hydroxylation is 1. The van der Waals surface area contributed by atoms with Gasteiger partial charge in [-0.3, -0.25) is 4.79 Å². The molecule has 2 N–H and O–H groups in total. The molecular formula is C25H35NO5. The third-order valence-corrected chi connectivity index (χ3v) is 3.05. The number of carboxylic acid groups (broad SMARTS) is 1. The van der Waals surface area contributed by atoms with E-state index in [-0.39, 0.29) is 0 Å². The molecule has 2 aromatic rings. The Hall–Kier alpha value is -3.46. The Labute approximate surface area is 186 Å². The van der Waals surface area contributed by atoms with Gasteiger partial charge in [0, 0.05) is 0 Å². The number of carbonyl (C=O) groups is 2. The number of rotatable bonds is 5. The minimum absolute atomic E-state index is 0.422. The van der Waals surface area contributed by atoms with Gasteiger partial charge >= 0.3 is 12.1 Å². The zero-order valence-corrected chi connectivity index (χ0v) is 19.3. The molecule has 6 heteroatoms. The first-order valence-corrected chi connectivity index (χ1v) is 9.91. The van der Waals surface area contributed by atoms with Crippen LogP contribution in [0.4, 0.5) is 4.79 Å². The first-order valence-electron chi connectivity index (χ1n) is 9.91. The van der Waals surface area contributed by atoms with E-state index in [4.69, 9.17) is 14.6 Å². The van der Waals surface area contributed by atoms with Crippen LogP contribution in [-0.4, -0.2) is 29.3 Å². The third kappa shape index (κ3) is 18.3. The second kappa shape index (κ2) is 17.4. The second-order valence-electron chi connectivity index (χ2n) is 6.84. The fourth-order valence-corrected chi connectivity index (χ4v) is 1.84. The van der Waals surface area contributed by atoms with Gasteiger partial charge in [-0.1, -0.05) is 61.9 Å². The van der Waals surface area contributed by atoms with E-state index in [9.17, 15) is 9.59 Å². The molecule has 0 bridgehead atoms. The summed E-state index contributed by atoms with van der Waals surface area (Å²) in [6, 6.07) is 18.3. The van der Waals surface area contributed by atoms with Gasteiger partial charge in [0.15, 0.2) is 0 Å². The van der Waals surface area contributed by atoms with Gasteiger partial charge in [-0.05, 0) is 45.4 Å². The van der Waals surface area contributed by atoms with E-state index in [0.717, 1.165) is 5.75 Å². The minimum Gasteiger partial charge on any atom is -0.489 e. The van der Waals surface area contributed by atoms with Crippen molar-refractivity contribution in [3.63, 3.8) is 0 Å². The van der Waals surface area contributed by atoms with Crippen LogP contribution in [0.5, 0.6) is 5.75 Å². The molecule has 0 atom stereocenters. The molecule has 0 saturated carbocycles. The second-order valence-corrected chi connectivity index (χ2v) is 6.84. The summed E-state index contributed by atoms with van der Waals surface area (Å²) in [4.78, 5) is 20.8. The first kappa shape index (κ1) is 29.7. The molecule has 31 heavy (non-hydrogen) atoms. The van der Waals surface area contributed by atoms with Gasteiger partial charge in [-0.15, -0.1) is 12.8 Å². The monoisotopic (exact) mass is 429 g/mol. The Balaban J connectivity index is 0. The van der Waals surface area contributed by atoms with Crippen molar-refractivity contribution in [2.75, 3.05) is 6.54 Å². The summed E-state index contributed by atoms with van der Waals surface area (Å²) in [5, 5.41) is 10.3. The summed E-state index contributed by atoms with van der Waals surface area (Å²) in [7, 11) is 0. The van der Waals surface area contributed by atoms with Crippen LogP contribution in [0.25, 0.3) is 0 Å². The highest BCUT2D eigenvalue weighted by atomic mass is 16.6. The Morgan fingerprint density at radius 3 is 1.94 bits per heavy atom. The zero-order valence-electron chi connectivity index (χ0n) is 19.3. The maximum absolute atomic E-state index is 10.8. The fraction of sp³-hybridized carbons (Fsp3) is 0.360. The lowest BCUT2D eigenvalue weighted by Gasteiger charge is -2.19. The number of terminal acetylenes is 1. The predicted molar refractivity (Wildman–Crippen MR) is 125 cm³/mol. The first-order chi connectivity index (χ1) is 14.7. The van der Waals surface area contributed by atoms with Crippen LogP contribution in [0.3, 0.4) is 0 Å². The average molecular weight is 430 g/mol. The molecule has 0 saturated heterocycles. The number of hydrogen-bond donors (Lipinski definition) is 2. The number of nitrogens with one attached hydrogen (secondary N) is 1. The Morgan fingerprint density at radius 2 is 1.48 bits per heavy atom. The molecule has 0 radical (unpaired) electrons. The number of ether oxygens (including phenoxy) is 2. The smallest absolute Gasteiger partial charge is 0.408 e. The number of amides is 1. The molecule has 0 unspecified atom stereocenters. The molecule has 1 amide bonds. The summed E-state index contributed by atoms with van der Waals surface area (Å²) in [6.45, 7) is 11.4. The molecular weight excluding hydrogens is 394 g/mol. The van der Waals surface area contributed by atoms with Crippen LogP contribution in [0, 0.1) is 19.8 Å². The molecule has 0 aliphatic heterocycles. The lowest BCUT2D eigenvalue weighted by Crippen LogP contribution is -2.35. The van der Waals surface area contributed by atoms with Crippen LogP contribution in [0.1, 0.15) is 45.7 Å². The number of carbonyl (C=O) groups excluding carboxylic acids is 1. The SMILES string of the molecule is C#C.CC.CC(C)(C)OC(=O)NCC(=O)O.Cc1ccc(OCc2ccccc2)cc1. The molecule has 0 aliphatic carbocycles. The van der Waals surface area contributed by atoms with Crippen molar-refractivity contribution in [2.24, 2.45) is 0 Å². The highest BCUT2D eigenvalue weighted by Gasteiger charge is 2.16. The summed E-state index contributed by atoms with van der Waals surface area (Å²) in [6.07, 6.45) is 7.28. The summed E-state index contributed by atoms with van der Waals surface area (Å²) < 4.78 is 10.4. The van der Waals surface area contributed by atoms with Crippen molar-refractivity contribution in [1.29, 1.82) is 0 Å². The summed E-state index contributed by atoms with van der Waals surface area (Å²) in [5.41, 5.74) is 1.85. The van der Waals surface area contributed by atoms with Gasteiger partial charge in [-0.2, -0.15) is 0 Å². The van der Waals surface area contributed by atoms with Gasteiger partial charge in [0.2, 0.25) is 0 Å². The van der Waals surface area contributed by atoms with E-state index in [2.05, 4.69) is 49.4 Å². The molecule has 0 aliphatic rings. The molecule has 0 fully saturated rings. The maximum Gasteiger partial charge on any atom is 0.408 e. The van der Waals surface area contributed by atoms with E-state index in [1.54, 1.807) is 20.8 Å². The Bertz CT molecular complexity index is 747. The van der Waals surface area contributed by atoms with E-state index in [0.29, 0.717) is 6.61 Å². The minimum atomic E-state index is -1.10. The predicted octanol–water partition coefficient (Wildman–Crippen LogP) is 5.45. The van der Waals surface area contributed by atoms with Crippen molar-refractivity contribution in [2.45, 2.75) is 53.8 Å². The molecule has 2 aromatic carbocycles. The largest absolute Gasteiger partial charge is 0.489 e. The molecule has 0 spiro atoms. The van der Waals surface area contributed by atoms with Crippen LogP contribution in [-0.2, 0) is 16.1 Å². The van der Waals surface area contributed by atoms with Crippen LogP contribution in [0.2, 0.25) is 0 Å². The molecule has 0 aromatic heterocycles. The molecule has 170 valence electrons. The number of alkyl carbamates (subject to hydrolysis) is 1. The van der Waals surface area contributed by atoms with Crippen molar-refractivity contribution < 1.29 is 24.2 Å². The summed E-state index contributed by atoms with van der Waals surface area (Å²) >= 11 is 0. The number of benzene rings is 2. The quantitative estimate of drug-likeness (QED) is 0.618. The molecule has 2 rings (SSSR count). The van der Waals surface area contributed by atoms with E-state index < -0.39 is 24.2 Å². The topological polar surface area (TPSA) is 84.9 Å². The van der Waals surface area contributed by atoms with Gasteiger partial charge in [-0.25, -0.2) is 4.79 Å². The molecule has 0 heterocycles. The number of hydrogen-bond acceptors (Lipinski definition) is 4. The van der Waals surface area contributed by atoms with Crippen LogP contribution >= 0.6 is 0 Å². The average Bonchev–Trinajstić information content (AvgIpc) is 2.75. The van der Waals surface area contributed by atoms with Crippen molar-refractivity contribution >= 4 is 12.1 Å². The summed E-state index contributed by atoms with van der Waals surface area (Å²) in [5.74, 6) is -0.176. The van der Waals surface area contributed by atoms with E-state index in [1.165, 1.54) is 11.1 Å². The van der Waals surface area contributed by atoms with E-state index >= 15 is 0 Å². The third-order valence-electron chi connectivity index (χ3n) is 3.05. The Kier molecular flexibility index (Phi) is 16.7. The van der Waals surface area contributed by atoms with Crippen molar-refractivity contribution in [3.8, 4) is 18.6 Å². The Morgan fingerprint density at radius 1 is 0.968 bits per heavy atom. The standard InChI is InChI=1S/C14H14O.C7H13NO4.C2H6.C2H2/c1-12-7-9-14(10-8-12)15-11-13-5-3-2-4-6-13;1-7(2,3)12-6(11)8-4-5(9)10;2*1-2/h2-10H,11H2,1H3;4H2,1-3H3,(H,8,11)(H,9,10);1-2H3;1-2H. The van der Waals surface area contributed by atoms with Crippen molar-refractivity contribution in [1.82, 2.24) is 5.32 Å². The number of carboxylic acids is 1. The van der Waals surface area contributed by atoms with Gasteiger partial charge in [0.1, 0.15) is 24.5 Å².